The third-order valence-electron chi connectivity index (χ3n) is 13.5. The van der Waals surface area contributed by atoms with Crippen LogP contribution in [0.5, 0.6) is 11.5 Å². The normalized spacial score (nSPS) is 21.1. The van der Waals surface area contributed by atoms with Crippen molar-refractivity contribution in [3.05, 3.63) is 190 Å². The molecule has 1 spiro atoms. The highest BCUT2D eigenvalue weighted by Gasteiger charge is 2.46. The lowest BCUT2D eigenvalue weighted by Gasteiger charge is -2.42. The molecule has 5 aromatic carbocycles. The molecule has 3 aliphatic rings. The first-order chi connectivity index (χ1) is 29.6. The van der Waals surface area contributed by atoms with E-state index in [0.29, 0.717) is 26.4 Å². The molecule has 0 unspecified atom stereocenters. The van der Waals surface area contributed by atoms with Crippen LogP contribution in [0, 0.1) is 12.3 Å². The van der Waals surface area contributed by atoms with Gasteiger partial charge in [-0.05, 0) is 64.8 Å². The second kappa shape index (κ2) is 17.8. The highest BCUT2D eigenvalue weighted by Crippen LogP contribution is 2.56. The van der Waals surface area contributed by atoms with Crippen LogP contribution in [-0.2, 0) is 39.8 Å². The van der Waals surface area contributed by atoms with Crippen LogP contribution in [0.25, 0.3) is 0 Å². The van der Waals surface area contributed by atoms with E-state index in [1.807, 2.05) is 0 Å². The second-order valence-electron chi connectivity index (χ2n) is 19.3. The molecule has 5 aromatic rings. The highest BCUT2D eigenvalue weighted by molar-refractivity contribution is 7.42. The van der Waals surface area contributed by atoms with Crippen molar-refractivity contribution in [2.24, 2.45) is 5.41 Å². The molecular weight excluding hydrogens is 807 g/mol. The van der Waals surface area contributed by atoms with Gasteiger partial charge in [-0.2, -0.15) is 0 Å². The molecule has 2 fully saturated rings. The molecule has 8 heteroatoms. The summed E-state index contributed by atoms with van der Waals surface area (Å²) in [7, 11) is -3.35. The van der Waals surface area contributed by atoms with Crippen LogP contribution < -0.4 is 9.05 Å². The minimum Gasteiger partial charge on any atom is -0.426 e. The fourth-order valence-corrected chi connectivity index (χ4v) is 11.4. The Morgan fingerprint density at radius 2 is 0.968 bits per heavy atom. The van der Waals surface area contributed by atoms with Gasteiger partial charge in [0.1, 0.15) is 11.5 Å². The predicted octanol–water partition coefficient (Wildman–Crippen LogP) is 14.5. The molecule has 0 saturated carbocycles. The van der Waals surface area contributed by atoms with Crippen molar-refractivity contribution in [2.45, 2.75) is 96.8 Å². The zero-order chi connectivity index (χ0) is 43.8. The molecule has 0 atom stereocenters. The number of aryl methyl sites for hydroxylation is 1. The summed E-state index contributed by atoms with van der Waals surface area (Å²) in [5.74, 6) is 1.57. The van der Waals surface area contributed by atoms with E-state index in [-0.39, 0.29) is 21.7 Å². The zero-order valence-corrected chi connectivity index (χ0v) is 39.7. The standard InChI is InChI=1S/C54H62O6P2/c1-39-32-45(51(4,5)41-24-16-11-17-25-41)34-47(53(8,9)43-28-20-13-21-29-43)49(39)60-62-57-37-54(38-58-62)35-55-61(56-36-54)59-48-31-30-44(50(2,3)40-22-14-10-15-23-40)33-46(48)52(6,7)42-26-18-12-19-27-42/h11-14,16-34H,10,15,35-38H2,1-9H3. The Hall–Kier alpha value is -4.12. The second-order valence-corrected chi connectivity index (χ2v) is 21.6. The predicted molar refractivity (Wildman–Crippen MR) is 254 cm³/mol. The monoisotopic (exact) mass is 868 g/mol. The number of hydrogen-bond acceptors (Lipinski definition) is 6. The molecule has 0 bridgehead atoms. The molecule has 324 valence electrons. The lowest BCUT2D eigenvalue weighted by atomic mass is 9.72. The van der Waals surface area contributed by atoms with Gasteiger partial charge >= 0.3 is 17.2 Å². The molecule has 6 nitrogen and oxygen atoms in total. The zero-order valence-electron chi connectivity index (χ0n) is 37.9. The molecule has 1 aliphatic carbocycles. The lowest BCUT2D eigenvalue weighted by Crippen LogP contribution is -2.45. The van der Waals surface area contributed by atoms with Crippen molar-refractivity contribution in [3.63, 3.8) is 0 Å². The molecule has 8 rings (SSSR count). The molecule has 2 aliphatic heterocycles. The van der Waals surface area contributed by atoms with Gasteiger partial charge in [0.2, 0.25) is 0 Å². The Balaban J connectivity index is 0.982. The van der Waals surface area contributed by atoms with Crippen LogP contribution in [0.15, 0.2) is 145 Å². The van der Waals surface area contributed by atoms with Gasteiger partial charge in [-0.25, -0.2) is 0 Å². The van der Waals surface area contributed by atoms with Crippen LogP contribution in [0.1, 0.15) is 113 Å². The smallest absolute Gasteiger partial charge is 0.397 e. The van der Waals surface area contributed by atoms with Crippen LogP contribution in [-0.4, -0.2) is 26.4 Å². The molecule has 2 saturated heterocycles. The Morgan fingerprint density at radius 1 is 0.484 bits per heavy atom. The van der Waals surface area contributed by atoms with Gasteiger partial charge in [-0.1, -0.05) is 189 Å². The summed E-state index contributed by atoms with van der Waals surface area (Å²) in [4.78, 5) is 0. The summed E-state index contributed by atoms with van der Waals surface area (Å²) in [6.45, 7) is 21.9. The highest BCUT2D eigenvalue weighted by atomic mass is 31.2. The molecule has 0 N–H and O–H groups in total. The van der Waals surface area contributed by atoms with Gasteiger partial charge in [0.15, 0.2) is 0 Å². The maximum atomic E-state index is 6.80. The number of hydrogen-bond donors (Lipinski definition) is 0. The Kier molecular flexibility index (Phi) is 12.8. The molecule has 62 heavy (non-hydrogen) atoms. The maximum absolute atomic E-state index is 6.80. The van der Waals surface area contributed by atoms with E-state index in [4.69, 9.17) is 27.1 Å². The summed E-state index contributed by atoms with van der Waals surface area (Å²) >= 11 is 0. The van der Waals surface area contributed by atoms with Crippen LogP contribution >= 0.6 is 17.2 Å². The van der Waals surface area contributed by atoms with E-state index in [2.05, 4.69) is 202 Å². The van der Waals surface area contributed by atoms with E-state index >= 15 is 0 Å². The molecule has 0 amide bonds. The summed E-state index contributed by atoms with van der Waals surface area (Å²) < 4.78 is 39.2. The van der Waals surface area contributed by atoms with Crippen LogP contribution in [0.3, 0.4) is 0 Å². The van der Waals surface area contributed by atoms with E-state index in [9.17, 15) is 0 Å². The summed E-state index contributed by atoms with van der Waals surface area (Å²) in [5.41, 5.74) is 9.14. The van der Waals surface area contributed by atoms with E-state index in [1.165, 1.54) is 33.4 Å². The fourth-order valence-electron chi connectivity index (χ4n) is 8.84. The summed E-state index contributed by atoms with van der Waals surface area (Å²) in [6.07, 6.45) is 9.10. The van der Waals surface area contributed by atoms with Crippen molar-refractivity contribution >= 4 is 17.2 Å². The molecule has 2 heterocycles. The van der Waals surface area contributed by atoms with Gasteiger partial charge in [0.05, 0.1) is 31.8 Å². The van der Waals surface area contributed by atoms with Gasteiger partial charge in [0.25, 0.3) is 0 Å². The largest absolute Gasteiger partial charge is 0.426 e. The van der Waals surface area contributed by atoms with Gasteiger partial charge in [-0.15, -0.1) is 0 Å². The molecular formula is C54H62O6P2. The summed E-state index contributed by atoms with van der Waals surface area (Å²) in [6, 6.07) is 43.1. The minimum atomic E-state index is -1.68. The number of rotatable bonds is 12. The van der Waals surface area contributed by atoms with Gasteiger partial charge < -0.3 is 27.1 Å². The first-order valence-electron chi connectivity index (χ1n) is 21.9. The Bertz CT molecular complexity index is 2390. The van der Waals surface area contributed by atoms with E-state index in [1.54, 1.807) is 0 Å². The third-order valence-corrected chi connectivity index (χ3v) is 15.5. The Labute approximate surface area is 372 Å². The van der Waals surface area contributed by atoms with Crippen molar-refractivity contribution in [3.8, 4) is 11.5 Å². The average molecular weight is 869 g/mol. The minimum absolute atomic E-state index is 0.169. The quantitative estimate of drug-likeness (QED) is 0.116. The summed E-state index contributed by atoms with van der Waals surface area (Å²) in [5, 5.41) is 0. The van der Waals surface area contributed by atoms with Crippen LogP contribution in [0.2, 0.25) is 0 Å². The fraction of sp³-hybridized carbons (Fsp3) is 0.370. The van der Waals surface area contributed by atoms with Crippen LogP contribution in [0.4, 0.5) is 0 Å². The number of benzene rings is 5. The van der Waals surface area contributed by atoms with Crippen molar-refractivity contribution in [2.75, 3.05) is 26.4 Å². The molecule has 0 aromatic heterocycles. The third kappa shape index (κ3) is 8.98. The topological polar surface area (TPSA) is 55.4 Å². The first-order valence-corrected chi connectivity index (χ1v) is 24.1. The van der Waals surface area contributed by atoms with Crippen molar-refractivity contribution < 1.29 is 27.1 Å². The average Bonchev–Trinajstić information content (AvgIpc) is 3.29. The molecule has 0 radical (unpaired) electrons. The van der Waals surface area contributed by atoms with E-state index in [0.717, 1.165) is 41.0 Å². The van der Waals surface area contributed by atoms with Crippen molar-refractivity contribution in [1.29, 1.82) is 0 Å². The van der Waals surface area contributed by atoms with Gasteiger partial charge in [-0.3, -0.25) is 0 Å². The first kappa shape index (κ1) is 44.5. The maximum Gasteiger partial charge on any atom is 0.397 e. The number of allylic oxidation sites excluding steroid dienone is 4. The SMILES string of the molecule is Cc1cc(C(C)(C)c2ccccc2)cc(C(C)(C)c2ccccc2)c1OP1OCC2(COP(Oc3ccc(C(C)(C)C4=CCCC=C4)cc3C(C)(C)c3ccccc3)OC2)CO1. The lowest BCUT2D eigenvalue weighted by molar-refractivity contribution is -0.0673. The Morgan fingerprint density at radius 3 is 1.48 bits per heavy atom. The van der Waals surface area contributed by atoms with Gasteiger partial charge in [0, 0.05) is 32.8 Å². The van der Waals surface area contributed by atoms with Crippen molar-refractivity contribution in [1.82, 2.24) is 0 Å². The van der Waals surface area contributed by atoms with E-state index < -0.39 is 22.6 Å².